The molecule has 0 radical (unpaired) electrons. The van der Waals surface area contributed by atoms with Crippen LogP contribution in [0.1, 0.15) is 10.6 Å². The minimum absolute atomic E-state index is 0.0430. The Hall–Kier alpha value is -2.95. The van der Waals surface area contributed by atoms with E-state index in [1.807, 2.05) is 41.8 Å². The third-order valence-electron chi connectivity index (χ3n) is 3.57. The molecular formula is C20H16N4OS2. The van der Waals surface area contributed by atoms with Crippen LogP contribution in [-0.4, -0.2) is 34.2 Å². The lowest BCUT2D eigenvalue weighted by atomic mass is 10.1. The van der Waals surface area contributed by atoms with Crippen molar-refractivity contribution in [3.05, 3.63) is 64.7 Å². The van der Waals surface area contributed by atoms with Gasteiger partial charge in [0.15, 0.2) is 0 Å². The van der Waals surface area contributed by atoms with E-state index in [-0.39, 0.29) is 5.24 Å². The Morgan fingerprint density at radius 3 is 2.74 bits per heavy atom. The number of allylic oxidation sites excluding steroid dienone is 1. The maximum Gasteiger partial charge on any atom is 0.285 e. The van der Waals surface area contributed by atoms with Gasteiger partial charge in [0.2, 0.25) is 0 Å². The first-order valence-corrected chi connectivity index (χ1v) is 9.74. The van der Waals surface area contributed by atoms with Crippen LogP contribution in [0.15, 0.2) is 59.1 Å². The number of amides is 1. The number of thioether (sulfide) groups is 1. The van der Waals surface area contributed by atoms with Gasteiger partial charge in [0.05, 0.1) is 11.3 Å². The number of hydrogen-bond acceptors (Lipinski definition) is 6. The zero-order valence-electron chi connectivity index (χ0n) is 14.8. The fourth-order valence-corrected chi connectivity index (χ4v) is 3.74. The average Bonchev–Trinajstić information content (AvgIpc) is 3.17. The summed E-state index contributed by atoms with van der Waals surface area (Å²) in [6.07, 6.45) is 5.22. The maximum atomic E-state index is 11.9. The van der Waals surface area contributed by atoms with E-state index in [2.05, 4.69) is 16.0 Å². The minimum Gasteiger partial charge on any atom is -0.339 e. The van der Waals surface area contributed by atoms with Crippen molar-refractivity contribution >= 4 is 40.0 Å². The maximum absolute atomic E-state index is 11.9. The third kappa shape index (κ3) is 4.82. The molecule has 1 amide bonds. The number of aromatic nitrogens is 2. The zero-order valence-corrected chi connectivity index (χ0v) is 16.4. The van der Waals surface area contributed by atoms with Crippen LogP contribution < -0.4 is 0 Å². The molecule has 0 unspecified atom stereocenters. The van der Waals surface area contributed by atoms with Crippen LogP contribution in [0.5, 0.6) is 0 Å². The summed E-state index contributed by atoms with van der Waals surface area (Å²) in [7, 11) is 3.44. The molecule has 0 N–H and O–H groups in total. The number of nitrogens with zero attached hydrogens (tertiary/aromatic N) is 4. The highest BCUT2D eigenvalue weighted by molar-refractivity contribution is 8.13. The summed E-state index contributed by atoms with van der Waals surface area (Å²) in [5, 5.41) is 12.1. The van der Waals surface area contributed by atoms with E-state index >= 15 is 0 Å². The molecular weight excluding hydrogens is 376 g/mol. The molecule has 0 saturated carbocycles. The van der Waals surface area contributed by atoms with E-state index in [1.165, 1.54) is 16.2 Å². The van der Waals surface area contributed by atoms with E-state index in [4.69, 9.17) is 0 Å². The van der Waals surface area contributed by atoms with Crippen molar-refractivity contribution in [1.29, 1.82) is 5.26 Å². The number of nitriles is 1. The molecule has 0 atom stereocenters. The van der Waals surface area contributed by atoms with Gasteiger partial charge in [-0.1, -0.05) is 12.1 Å². The van der Waals surface area contributed by atoms with Gasteiger partial charge in [-0.15, -0.1) is 11.3 Å². The van der Waals surface area contributed by atoms with Crippen molar-refractivity contribution in [3.63, 3.8) is 0 Å². The molecule has 0 spiro atoms. The summed E-state index contributed by atoms with van der Waals surface area (Å²) in [6.45, 7) is 0. The lowest BCUT2D eigenvalue weighted by Gasteiger charge is -2.09. The van der Waals surface area contributed by atoms with Crippen molar-refractivity contribution in [2.24, 2.45) is 0 Å². The van der Waals surface area contributed by atoms with E-state index in [1.54, 1.807) is 32.6 Å². The first kappa shape index (κ1) is 18.8. The third-order valence-corrected chi connectivity index (χ3v) is 5.48. The quantitative estimate of drug-likeness (QED) is 0.459. The first-order valence-electron chi connectivity index (χ1n) is 8.04. The molecule has 0 fully saturated rings. The summed E-state index contributed by atoms with van der Waals surface area (Å²) < 4.78 is 0. The van der Waals surface area contributed by atoms with Crippen molar-refractivity contribution < 1.29 is 4.79 Å². The van der Waals surface area contributed by atoms with Crippen molar-refractivity contribution in [2.45, 2.75) is 4.90 Å². The SMILES string of the molecule is CN(C)C(=O)Sc1cccc(/C=C(/C#N)c2nc(-c3ccncc3)cs2)c1. The molecule has 0 bridgehead atoms. The summed E-state index contributed by atoms with van der Waals surface area (Å²) in [6, 6.07) is 13.5. The van der Waals surface area contributed by atoms with Gasteiger partial charge >= 0.3 is 0 Å². The molecule has 3 aromatic rings. The van der Waals surface area contributed by atoms with Crippen molar-refractivity contribution in [3.8, 4) is 17.3 Å². The largest absolute Gasteiger partial charge is 0.339 e. The molecule has 134 valence electrons. The molecule has 0 aliphatic carbocycles. The van der Waals surface area contributed by atoms with E-state index in [0.717, 1.165) is 33.5 Å². The Bertz CT molecular complexity index is 1020. The fraction of sp³-hybridized carbons (Fsp3) is 0.100. The number of benzene rings is 1. The molecule has 2 aromatic heterocycles. The van der Waals surface area contributed by atoms with Gasteiger partial charge in [-0.05, 0) is 47.7 Å². The Balaban J connectivity index is 1.86. The molecule has 3 rings (SSSR count). The lowest BCUT2D eigenvalue weighted by molar-refractivity contribution is 0.241. The van der Waals surface area contributed by atoms with Crippen LogP contribution in [-0.2, 0) is 0 Å². The Kier molecular flexibility index (Phi) is 6.01. The summed E-state index contributed by atoms with van der Waals surface area (Å²) >= 11 is 2.58. The molecule has 2 heterocycles. The van der Waals surface area contributed by atoms with Gasteiger partial charge < -0.3 is 4.90 Å². The van der Waals surface area contributed by atoms with Gasteiger partial charge in [-0.25, -0.2) is 4.98 Å². The van der Waals surface area contributed by atoms with E-state index in [0.29, 0.717) is 10.6 Å². The molecule has 27 heavy (non-hydrogen) atoms. The van der Waals surface area contributed by atoms with Gasteiger partial charge in [-0.3, -0.25) is 9.78 Å². The Morgan fingerprint density at radius 1 is 1.26 bits per heavy atom. The predicted molar refractivity (Wildman–Crippen MR) is 110 cm³/mol. The van der Waals surface area contributed by atoms with E-state index in [9.17, 15) is 10.1 Å². The van der Waals surface area contributed by atoms with Crippen LogP contribution in [0.25, 0.3) is 22.9 Å². The van der Waals surface area contributed by atoms with Gasteiger partial charge in [0.1, 0.15) is 11.1 Å². The second kappa shape index (κ2) is 8.62. The molecule has 5 nitrogen and oxygen atoms in total. The number of hydrogen-bond donors (Lipinski definition) is 0. The fourth-order valence-electron chi connectivity index (χ4n) is 2.22. The molecule has 0 saturated heterocycles. The highest BCUT2D eigenvalue weighted by Crippen LogP contribution is 2.28. The van der Waals surface area contributed by atoms with Gasteiger partial charge in [0.25, 0.3) is 5.24 Å². The smallest absolute Gasteiger partial charge is 0.285 e. The summed E-state index contributed by atoms with van der Waals surface area (Å²) in [4.78, 5) is 22.8. The average molecular weight is 393 g/mol. The van der Waals surface area contributed by atoms with Crippen LogP contribution in [0.2, 0.25) is 0 Å². The van der Waals surface area contributed by atoms with Crippen LogP contribution >= 0.6 is 23.1 Å². The van der Waals surface area contributed by atoms with Crippen molar-refractivity contribution in [1.82, 2.24) is 14.9 Å². The topological polar surface area (TPSA) is 69.9 Å². The first-order chi connectivity index (χ1) is 13.1. The van der Waals surface area contributed by atoms with Crippen LogP contribution in [0.3, 0.4) is 0 Å². The van der Waals surface area contributed by atoms with Crippen LogP contribution in [0.4, 0.5) is 4.79 Å². The standard InChI is InChI=1S/C20H16N4OS2/c1-24(2)20(25)27-17-5-3-4-14(11-17)10-16(12-21)19-23-18(13-26-19)15-6-8-22-9-7-15/h3-11,13H,1-2H3/b16-10-. The lowest BCUT2D eigenvalue weighted by Crippen LogP contribution is -2.15. The monoisotopic (exact) mass is 392 g/mol. The Morgan fingerprint density at radius 2 is 2.04 bits per heavy atom. The zero-order chi connectivity index (χ0) is 19.2. The second-order valence-electron chi connectivity index (χ2n) is 5.78. The molecule has 0 aliphatic rings. The number of carbonyl (C=O) groups is 1. The molecule has 0 aliphatic heterocycles. The normalized spacial score (nSPS) is 11.1. The summed E-state index contributed by atoms with van der Waals surface area (Å²) in [5.74, 6) is 0. The number of pyridine rings is 1. The number of carbonyl (C=O) groups excluding carboxylic acids is 1. The number of rotatable bonds is 4. The number of thiazole rings is 1. The predicted octanol–water partition coefficient (Wildman–Crippen LogP) is 5.04. The van der Waals surface area contributed by atoms with Crippen molar-refractivity contribution in [2.75, 3.05) is 14.1 Å². The van der Waals surface area contributed by atoms with Gasteiger partial charge in [0, 0.05) is 42.3 Å². The molecule has 1 aromatic carbocycles. The minimum atomic E-state index is -0.0430. The highest BCUT2D eigenvalue weighted by atomic mass is 32.2. The highest BCUT2D eigenvalue weighted by Gasteiger charge is 2.10. The Labute approximate surface area is 166 Å². The van der Waals surface area contributed by atoms with Crippen LogP contribution in [0, 0.1) is 11.3 Å². The molecule has 7 heteroatoms. The summed E-state index contributed by atoms with van der Waals surface area (Å²) in [5.41, 5.74) is 3.12. The second-order valence-corrected chi connectivity index (χ2v) is 7.66. The van der Waals surface area contributed by atoms with Gasteiger partial charge in [-0.2, -0.15) is 5.26 Å². The van der Waals surface area contributed by atoms with E-state index < -0.39 is 0 Å².